The maximum absolute atomic E-state index is 12.1. The molecule has 14 heteroatoms. The van der Waals surface area contributed by atoms with Crippen LogP contribution in [-0.2, 0) is 42.7 Å². The topological polar surface area (TPSA) is 162 Å². The lowest BCUT2D eigenvalue weighted by Crippen LogP contribution is -2.43. The van der Waals surface area contributed by atoms with Crippen molar-refractivity contribution in [3.63, 3.8) is 0 Å². The van der Waals surface area contributed by atoms with Crippen LogP contribution in [0.3, 0.4) is 0 Å². The van der Waals surface area contributed by atoms with E-state index in [1.54, 1.807) is 30.6 Å². The number of imidazole rings is 1. The second-order valence-corrected chi connectivity index (χ2v) is 9.32. The molecule has 5 rings (SSSR count). The Morgan fingerprint density at radius 2 is 1.84 bits per heavy atom. The van der Waals surface area contributed by atoms with Crippen molar-refractivity contribution in [1.82, 2.24) is 19.5 Å². The van der Waals surface area contributed by atoms with Crippen molar-refractivity contribution in [3.8, 4) is 0 Å². The molecule has 14 nitrogen and oxygen atoms in total. The van der Waals surface area contributed by atoms with E-state index in [9.17, 15) is 14.4 Å². The van der Waals surface area contributed by atoms with Gasteiger partial charge in [0.2, 0.25) is 0 Å². The van der Waals surface area contributed by atoms with Crippen LogP contribution >= 0.6 is 0 Å². The van der Waals surface area contributed by atoms with E-state index in [0.717, 1.165) is 0 Å². The van der Waals surface area contributed by atoms with E-state index in [2.05, 4.69) is 15.0 Å². The Bertz CT molecular complexity index is 1260. The summed E-state index contributed by atoms with van der Waals surface area (Å²) in [7, 11) is 0. The van der Waals surface area contributed by atoms with E-state index in [0.29, 0.717) is 5.65 Å². The average molecular weight is 520 g/mol. The highest BCUT2D eigenvalue weighted by molar-refractivity contribution is 5.69. The molecule has 3 aliphatic heterocycles. The third-order valence-electron chi connectivity index (χ3n) is 6.08. The van der Waals surface area contributed by atoms with Gasteiger partial charge in [0.25, 0.3) is 5.56 Å². The monoisotopic (exact) mass is 520 g/mol. The van der Waals surface area contributed by atoms with Gasteiger partial charge in [-0.2, -0.15) is 0 Å². The second kappa shape index (κ2) is 9.95. The fourth-order valence-electron chi connectivity index (χ4n) is 4.61. The molecule has 200 valence electrons. The minimum absolute atomic E-state index is 0.0608. The lowest BCUT2D eigenvalue weighted by Gasteiger charge is -2.32. The highest BCUT2D eigenvalue weighted by Crippen LogP contribution is 2.43. The van der Waals surface area contributed by atoms with Gasteiger partial charge < -0.3 is 38.1 Å². The third-order valence-corrected chi connectivity index (χ3v) is 6.08. The Balaban J connectivity index is 1.30. The summed E-state index contributed by atoms with van der Waals surface area (Å²) in [5, 5.41) is 0. The van der Waals surface area contributed by atoms with Crippen LogP contribution in [0.15, 0.2) is 29.6 Å². The van der Waals surface area contributed by atoms with Gasteiger partial charge >= 0.3 is 11.9 Å². The molecule has 0 saturated carbocycles. The first-order valence-electron chi connectivity index (χ1n) is 11.8. The zero-order valence-corrected chi connectivity index (χ0v) is 20.7. The third kappa shape index (κ3) is 5.29. The molecule has 2 aromatic heterocycles. The first-order chi connectivity index (χ1) is 17.6. The molecule has 0 unspecified atom stereocenters. The van der Waals surface area contributed by atoms with Gasteiger partial charge in [-0.1, -0.05) is 0 Å². The highest BCUT2D eigenvalue weighted by atomic mass is 16.8. The number of H-pyrrole nitrogens is 1. The number of nitrogens with zero attached hydrogens (tertiary/aromatic N) is 3. The maximum atomic E-state index is 12.1. The highest BCUT2D eigenvalue weighted by Gasteiger charge is 2.56. The number of rotatable bonds is 7. The number of aromatic nitrogens is 4. The lowest BCUT2D eigenvalue weighted by atomic mass is 10.1. The van der Waals surface area contributed by atoms with Crippen molar-refractivity contribution >= 4 is 23.1 Å². The maximum Gasteiger partial charge on any atom is 0.303 e. The molecule has 37 heavy (non-hydrogen) atoms. The molecule has 5 heterocycles. The molecule has 1 N–H and O–H groups in total. The number of carbonyl (C=O) groups is 2. The minimum Gasteiger partial charge on any atom is -0.463 e. The van der Waals surface area contributed by atoms with Crippen LogP contribution in [0.2, 0.25) is 0 Å². The summed E-state index contributed by atoms with van der Waals surface area (Å²) in [6, 6.07) is 0. The first-order valence-corrected chi connectivity index (χ1v) is 11.8. The average Bonchev–Trinajstić information content (AvgIpc) is 3.48. The summed E-state index contributed by atoms with van der Waals surface area (Å²) in [5.74, 6) is -1.85. The van der Waals surface area contributed by atoms with Crippen LogP contribution in [0.25, 0.3) is 11.2 Å². The number of aromatic amines is 1. The normalized spacial score (nSPS) is 32.4. The van der Waals surface area contributed by atoms with E-state index >= 15 is 0 Å². The van der Waals surface area contributed by atoms with E-state index in [4.69, 9.17) is 33.2 Å². The molecule has 0 aliphatic carbocycles. The summed E-state index contributed by atoms with van der Waals surface area (Å²) < 4.78 is 42.3. The molecular formula is C23H28N4O10. The van der Waals surface area contributed by atoms with Crippen molar-refractivity contribution in [3.05, 3.63) is 35.2 Å². The van der Waals surface area contributed by atoms with E-state index in [-0.39, 0.29) is 24.3 Å². The van der Waals surface area contributed by atoms with E-state index < -0.39 is 60.8 Å². The van der Waals surface area contributed by atoms with Crippen molar-refractivity contribution < 1.29 is 42.7 Å². The molecule has 2 saturated heterocycles. The lowest BCUT2D eigenvalue weighted by molar-refractivity contribution is -0.224. The number of esters is 2. The quantitative estimate of drug-likeness (QED) is 0.394. The van der Waals surface area contributed by atoms with Crippen molar-refractivity contribution in [2.45, 2.75) is 76.5 Å². The van der Waals surface area contributed by atoms with Gasteiger partial charge in [-0.3, -0.25) is 19.0 Å². The van der Waals surface area contributed by atoms with Gasteiger partial charge in [0.1, 0.15) is 37.1 Å². The Labute approximate surface area is 210 Å². The van der Waals surface area contributed by atoms with Gasteiger partial charge in [-0.15, -0.1) is 0 Å². The molecule has 7 atom stereocenters. The SMILES string of the molecule is CC(=O)OC[C@H]1O[C@H](OC[C@H]2O[C@@H](n3cnc4c(=O)[nH]cnc43)[C@@H]3OC(C)(C)O[C@@H]32)C=C[C@H]1OC(C)=O. The Morgan fingerprint density at radius 1 is 1.05 bits per heavy atom. The molecule has 0 aromatic carbocycles. The number of ether oxygens (including phenoxy) is 7. The van der Waals surface area contributed by atoms with Gasteiger partial charge in [-0.25, -0.2) is 9.97 Å². The smallest absolute Gasteiger partial charge is 0.303 e. The van der Waals surface area contributed by atoms with Crippen molar-refractivity contribution in [2.75, 3.05) is 13.2 Å². The van der Waals surface area contributed by atoms with Crippen LogP contribution < -0.4 is 5.56 Å². The van der Waals surface area contributed by atoms with Crippen molar-refractivity contribution in [2.24, 2.45) is 0 Å². The standard InChI is InChI=1S/C23H28N4O10/c1-11(28)31-7-14-13(33-12(2)29)5-6-16(34-14)32-8-15-18-19(37-23(3,4)36-18)22(35-15)27-10-26-17-20(27)24-9-25-21(17)30/h5-6,9-10,13-16,18-19,22H,7-8H2,1-4H3,(H,24,25,30)/t13-,14-,15-,16+,18-,19-,22-/m1/s1. The zero-order valence-electron chi connectivity index (χ0n) is 20.7. The van der Waals surface area contributed by atoms with E-state index in [1.165, 1.54) is 26.5 Å². The van der Waals surface area contributed by atoms with Crippen LogP contribution in [0.5, 0.6) is 0 Å². The fraction of sp³-hybridized carbons (Fsp3) is 0.609. The largest absolute Gasteiger partial charge is 0.463 e. The molecule has 2 fully saturated rings. The number of hydrogen-bond acceptors (Lipinski definition) is 12. The first kappa shape index (κ1) is 25.5. The summed E-state index contributed by atoms with van der Waals surface area (Å²) in [6.45, 7) is 6.11. The predicted molar refractivity (Wildman–Crippen MR) is 122 cm³/mol. The van der Waals surface area contributed by atoms with Gasteiger partial charge in [-0.05, 0) is 26.0 Å². The van der Waals surface area contributed by atoms with Crippen molar-refractivity contribution in [1.29, 1.82) is 0 Å². The number of hydrogen-bond donors (Lipinski definition) is 1. The zero-order chi connectivity index (χ0) is 26.3. The predicted octanol–water partition coefficient (Wildman–Crippen LogP) is 0.330. The second-order valence-electron chi connectivity index (χ2n) is 9.32. The summed E-state index contributed by atoms with van der Waals surface area (Å²) in [5.41, 5.74) is 0.173. The Hall–Kier alpha value is -3.17. The van der Waals surface area contributed by atoms with Crippen LogP contribution in [0.4, 0.5) is 0 Å². The van der Waals surface area contributed by atoms with Crippen LogP contribution in [-0.4, -0.2) is 87.3 Å². The fourth-order valence-corrected chi connectivity index (χ4v) is 4.61. The van der Waals surface area contributed by atoms with E-state index in [1.807, 2.05) is 0 Å². The molecule has 3 aliphatic rings. The molecule has 0 bridgehead atoms. The Morgan fingerprint density at radius 3 is 2.59 bits per heavy atom. The molecule has 2 aromatic rings. The molecular weight excluding hydrogens is 492 g/mol. The Kier molecular flexibility index (Phi) is 6.85. The minimum atomic E-state index is -0.871. The van der Waals surface area contributed by atoms with Gasteiger partial charge in [0.05, 0.1) is 19.3 Å². The molecule has 0 radical (unpaired) electrons. The number of nitrogens with one attached hydrogen (secondary N) is 1. The number of fused-ring (bicyclic) bond motifs is 2. The summed E-state index contributed by atoms with van der Waals surface area (Å²) in [4.78, 5) is 45.7. The molecule has 0 spiro atoms. The van der Waals surface area contributed by atoms with Gasteiger partial charge in [0, 0.05) is 13.8 Å². The van der Waals surface area contributed by atoms with Crippen LogP contribution in [0, 0.1) is 0 Å². The summed E-state index contributed by atoms with van der Waals surface area (Å²) >= 11 is 0. The van der Waals surface area contributed by atoms with Crippen LogP contribution in [0.1, 0.15) is 33.9 Å². The number of carbonyl (C=O) groups excluding carboxylic acids is 2. The molecule has 0 amide bonds. The van der Waals surface area contributed by atoms with Gasteiger partial charge in [0.15, 0.2) is 29.5 Å². The summed E-state index contributed by atoms with van der Waals surface area (Å²) in [6.07, 6.45) is 1.47.